The Morgan fingerprint density at radius 3 is 2.62 bits per heavy atom. The second kappa shape index (κ2) is 8.48. The van der Waals surface area contributed by atoms with Crippen molar-refractivity contribution in [2.75, 3.05) is 19.7 Å². The first-order valence-electron chi connectivity index (χ1n) is 11.9. The van der Waals surface area contributed by atoms with Gasteiger partial charge in [0.1, 0.15) is 0 Å². The third kappa shape index (κ3) is 4.26. The fourth-order valence-electron chi connectivity index (χ4n) is 5.53. The van der Waals surface area contributed by atoms with Gasteiger partial charge in [-0.15, -0.1) is 10.6 Å². The standard InChI is InChI=1S/C25H32N6O/c1-2-4-19(5-3-1)22-14-23(22)26-21-15-25(32-17-21)10-12-31(13-11-25)16-18-6-8-20(9-7-18)24-27-29-30-28-24/h1-9,21-23,26,29-30H,10-17H2,(H,27,28)/t21?,22-,23+/m0/s1. The smallest absolute Gasteiger partial charge is 0.170 e. The van der Waals surface area contributed by atoms with E-state index in [1.807, 2.05) is 0 Å². The lowest BCUT2D eigenvalue weighted by atomic mass is 9.87. The normalized spacial score (nSPS) is 28.9. The maximum absolute atomic E-state index is 6.41. The van der Waals surface area contributed by atoms with E-state index in [1.54, 1.807) is 0 Å². The Morgan fingerprint density at radius 1 is 1.06 bits per heavy atom. The summed E-state index contributed by atoms with van der Waals surface area (Å²) in [5.41, 5.74) is 12.4. The first-order valence-corrected chi connectivity index (χ1v) is 11.9. The van der Waals surface area contributed by atoms with Gasteiger partial charge in [-0.2, -0.15) is 0 Å². The predicted molar refractivity (Wildman–Crippen MR) is 125 cm³/mol. The fourth-order valence-corrected chi connectivity index (χ4v) is 5.53. The molecule has 168 valence electrons. The van der Waals surface area contributed by atoms with Crippen LogP contribution in [0.15, 0.2) is 59.7 Å². The van der Waals surface area contributed by atoms with E-state index in [4.69, 9.17) is 4.74 Å². The molecule has 32 heavy (non-hydrogen) atoms. The highest BCUT2D eigenvalue weighted by molar-refractivity contribution is 5.98. The van der Waals surface area contributed by atoms with Crippen LogP contribution >= 0.6 is 0 Å². The van der Waals surface area contributed by atoms with Crippen molar-refractivity contribution in [1.82, 2.24) is 26.7 Å². The minimum Gasteiger partial charge on any atom is -0.373 e. The molecule has 0 bridgehead atoms. The Kier molecular flexibility index (Phi) is 5.35. The van der Waals surface area contributed by atoms with Crippen LogP contribution in [-0.2, 0) is 11.3 Å². The zero-order valence-corrected chi connectivity index (χ0v) is 18.4. The van der Waals surface area contributed by atoms with Crippen LogP contribution in [0.4, 0.5) is 0 Å². The van der Waals surface area contributed by atoms with Crippen LogP contribution in [0, 0.1) is 0 Å². The van der Waals surface area contributed by atoms with Gasteiger partial charge in [-0.25, -0.2) is 5.53 Å². The molecule has 0 radical (unpaired) electrons. The quantitative estimate of drug-likeness (QED) is 0.561. The molecule has 1 spiro atoms. The van der Waals surface area contributed by atoms with Crippen LogP contribution in [0.5, 0.6) is 0 Å². The molecule has 0 aromatic heterocycles. The summed E-state index contributed by atoms with van der Waals surface area (Å²) < 4.78 is 6.41. The van der Waals surface area contributed by atoms with Crippen LogP contribution in [0.25, 0.3) is 0 Å². The lowest BCUT2D eigenvalue weighted by molar-refractivity contribution is -0.0449. The van der Waals surface area contributed by atoms with Crippen molar-refractivity contribution in [1.29, 1.82) is 0 Å². The van der Waals surface area contributed by atoms with Gasteiger partial charge in [0.25, 0.3) is 0 Å². The molecule has 4 aliphatic rings. The summed E-state index contributed by atoms with van der Waals surface area (Å²) in [6, 6.07) is 20.7. The summed E-state index contributed by atoms with van der Waals surface area (Å²) in [5.74, 6) is 1.50. The van der Waals surface area contributed by atoms with Gasteiger partial charge in [-0.3, -0.25) is 10.3 Å². The molecule has 1 saturated carbocycles. The molecule has 2 aromatic rings. The minimum atomic E-state index is 0.0848. The Bertz CT molecular complexity index is 954. The third-order valence-corrected chi connectivity index (χ3v) is 7.48. The first kappa shape index (κ1) is 20.2. The molecule has 3 aliphatic heterocycles. The van der Waals surface area contributed by atoms with Crippen molar-refractivity contribution in [2.45, 2.75) is 55.8 Å². The molecule has 7 heteroatoms. The maximum atomic E-state index is 6.41. The second-order valence-electron chi connectivity index (χ2n) is 9.72. The molecule has 3 fully saturated rings. The van der Waals surface area contributed by atoms with Gasteiger partial charge < -0.3 is 10.1 Å². The van der Waals surface area contributed by atoms with E-state index in [0.29, 0.717) is 18.0 Å². The van der Waals surface area contributed by atoms with Crippen molar-refractivity contribution in [3.05, 3.63) is 71.3 Å². The van der Waals surface area contributed by atoms with Crippen LogP contribution in [0.1, 0.15) is 48.3 Å². The molecule has 2 saturated heterocycles. The van der Waals surface area contributed by atoms with Gasteiger partial charge >= 0.3 is 0 Å². The molecule has 1 unspecified atom stereocenters. The van der Waals surface area contributed by atoms with E-state index in [0.717, 1.165) is 56.9 Å². The summed E-state index contributed by atoms with van der Waals surface area (Å²) in [7, 11) is 0. The second-order valence-corrected chi connectivity index (χ2v) is 9.72. The Labute approximate surface area is 189 Å². The van der Waals surface area contributed by atoms with Crippen LogP contribution in [0.2, 0.25) is 0 Å². The van der Waals surface area contributed by atoms with Crippen molar-refractivity contribution in [2.24, 2.45) is 5.10 Å². The molecule has 3 heterocycles. The van der Waals surface area contributed by atoms with E-state index >= 15 is 0 Å². The monoisotopic (exact) mass is 432 g/mol. The number of hydrogen-bond acceptors (Lipinski definition) is 7. The summed E-state index contributed by atoms with van der Waals surface area (Å²) in [5, 5.41) is 8.04. The van der Waals surface area contributed by atoms with E-state index in [1.165, 1.54) is 17.5 Å². The van der Waals surface area contributed by atoms with Gasteiger partial charge in [-0.1, -0.05) is 54.6 Å². The van der Waals surface area contributed by atoms with Crippen LogP contribution in [-0.4, -0.2) is 48.1 Å². The molecule has 2 aromatic carbocycles. The number of ether oxygens (including phenoxy) is 1. The number of nitrogens with zero attached hydrogens (tertiary/aromatic N) is 2. The number of piperidine rings is 1. The number of rotatable bonds is 6. The number of amidine groups is 1. The number of hydrazone groups is 1. The Morgan fingerprint density at radius 2 is 1.88 bits per heavy atom. The largest absolute Gasteiger partial charge is 0.373 e. The van der Waals surface area contributed by atoms with Crippen LogP contribution in [0.3, 0.4) is 0 Å². The molecule has 6 rings (SSSR count). The molecule has 7 nitrogen and oxygen atoms in total. The maximum Gasteiger partial charge on any atom is 0.170 e. The highest BCUT2D eigenvalue weighted by atomic mass is 16.5. The van der Waals surface area contributed by atoms with E-state index < -0.39 is 0 Å². The van der Waals surface area contributed by atoms with Gasteiger partial charge in [-0.05, 0) is 36.8 Å². The highest BCUT2D eigenvalue weighted by Gasteiger charge is 2.46. The van der Waals surface area contributed by atoms with E-state index in [-0.39, 0.29) is 5.60 Å². The number of nitrogens with one attached hydrogen (secondary N) is 4. The molecule has 4 N–H and O–H groups in total. The fraction of sp³-hybridized carbons (Fsp3) is 0.480. The Hall–Kier alpha value is -2.45. The SMILES string of the molecule is c1ccc([C@@H]2C[C@H]2NC2COC3(CCN(Cc4ccc(C5=NNNN5)cc4)CC3)C2)cc1. The number of hydrazine groups is 2. The van der Waals surface area contributed by atoms with Crippen molar-refractivity contribution in [3.8, 4) is 0 Å². The van der Waals surface area contributed by atoms with Gasteiger partial charge in [0, 0.05) is 43.2 Å². The lowest BCUT2D eigenvalue weighted by Gasteiger charge is -2.38. The van der Waals surface area contributed by atoms with Crippen molar-refractivity contribution in [3.63, 3.8) is 0 Å². The summed E-state index contributed by atoms with van der Waals surface area (Å²) in [6.07, 6.45) is 4.68. The highest BCUT2D eigenvalue weighted by Crippen LogP contribution is 2.43. The topological polar surface area (TPSA) is 73.0 Å². The average molecular weight is 433 g/mol. The molecule has 1 aliphatic carbocycles. The van der Waals surface area contributed by atoms with Crippen LogP contribution < -0.4 is 21.8 Å². The molecule has 3 atom stereocenters. The molecular formula is C25H32N6O. The number of hydrogen-bond donors (Lipinski definition) is 4. The first-order chi connectivity index (χ1) is 15.8. The molecule has 0 amide bonds. The molecular weight excluding hydrogens is 400 g/mol. The zero-order valence-electron chi connectivity index (χ0n) is 18.4. The summed E-state index contributed by atoms with van der Waals surface area (Å²) >= 11 is 0. The van der Waals surface area contributed by atoms with E-state index in [2.05, 4.69) is 86.4 Å². The summed E-state index contributed by atoms with van der Waals surface area (Å²) in [4.78, 5) is 2.56. The summed E-state index contributed by atoms with van der Waals surface area (Å²) in [6.45, 7) is 4.07. The lowest BCUT2D eigenvalue weighted by Crippen LogP contribution is -2.44. The van der Waals surface area contributed by atoms with E-state index in [9.17, 15) is 0 Å². The Balaban J connectivity index is 0.972. The average Bonchev–Trinajstić information content (AvgIpc) is 3.20. The zero-order chi connectivity index (χ0) is 21.4. The number of likely N-dealkylation sites (tertiary alicyclic amines) is 1. The minimum absolute atomic E-state index is 0.0848. The predicted octanol–water partition coefficient (Wildman–Crippen LogP) is 2.23. The van der Waals surface area contributed by atoms with Gasteiger partial charge in [0.15, 0.2) is 5.84 Å². The van der Waals surface area contributed by atoms with Crippen molar-refractivity contribution < 1.29 is 4.74 Å². The van der Waals surface area contributed by atoms with Crippen molar-refractivity contribution >= 4 is 5.84 Å². The van der Waals surface area contributed by atoms with Gasteiger partial charge in [0.2, 0.25) is 0 Å². The third-order valence-electron chi connectivity index (χ3n) is 7.48. The number of benzene rings is 2. The van der Waals surface area contributed by atoms with Gasteiger partial charge in [0.05, 0.1) is 12.2 Å².